The molecule has 2 rings (SSSR count). The molecular formula is C16H15FO4. The van der Waals surface area contributed by atoms with Gasteiger partial charge in [-0.2, -0.15) is 0 Å². The van der Waals surface area contributed by atoms with Crippen molar-refractivity contribution < 1.29 is 24.1 Å². The van der Waals surface area contributed by atoms with Crippen molar-refractivity contribution in [3.63, 3.8) is 0 Å². The van der Waals surface area contributed by atoms with Crippen molar-refractivity contribution in [1.29, 1.82) is 0 Å². The number of rotatable bonds is 5. The van der Waals surface area contributed by atoms with Crippen LogP contribution in [0.2, 0.25) is 0 Å². The van der Waals surface area contributed by atoms with Crippen molar-refractivity contribution in [2.75, 3.05) is 6.61 Å². The van der Waals surface area contributed by atoms with Gasteiger partial charge in [0, 0.05) is 6.07 Å². The molecule has 2 aromatic rings. The maximum Gasteiger partial charge on any atom is 0.339 e. The maximum atomic E-state index is 13.2. The smallest absolute Gasteiger partial charge is 0.339 e. The van der Waals surface area contributed by atoms with Gasteiger partial charge in [-0.05, 0) is 24.6 Å². The van der Waals surface area contributed by atoms with Crippen LogP contribution in [0.1, 0.15) is 22.8 Å². The third-order valence-corrected chi connectivity index (χ3v) is 3.08. The molecule has 21 heavy (non-hydrogen) atoms. The summed E-state index contributed by atoms with van der Waals surface area (Å²) >= 11 is 0. The molecule has 0 fully saturated rings. The predicted octanol–water partition coefficient (Wildman–Crippen LogP) is 2.81. The van der Waals surface area contributed by atoms with Crippen LogP contribution in [0, 0.1) is 5.82 Å². The first-order valence-corrected chi connectivity index (χ1v) is 6.34. The highest BCUT2D eigenvalue weighted by Crippen LogP contribution is 2.25. The van der Waals surface area contributed by atoms with Gasteiger partial charge in [0.05, 0.1) is 0 Å². The summed E-state index contributed by atoms with van der Waals surface area (Å²) in [6.07, 6.45) is 0. The van der Waals surface area contributed by atoms with Gasteiger partial charge in [0.2, 0.25) is 0 Å². The highest BCUT2D eigenvalue weighted by atomic mass is 19.1. The lowest BCUT2D eigenvalue weighted by Crippen LogP contribution is -2.29. The molecule has 0 heterocycles. The van der Waals surface area contributed by atoms with Crippen LogP contribution in [0.5, 0.6) is 5.75 Å². The molecule has 110 valence electrons. The molecule has 5 heteroatoms. The first-order valence-electron chi connectivity index (χ1n) is 6.34. The Morgan fingerprint density at radius 1 is 1.24 bits per heavy atom. The van der Waals surface area contributed by atoms with E-state index < -0.39 is 17.4 Å². The van der Waals surface area contributed by atoms with Crippen LogP contribution in [0.4, 0.5) is 4.39 Å². The quantitative estimate of drug-likeness (QED) is 0.888. The van der Waals surface area contributed by atoms with E-state index in [1.54, 1.807) is 31.2 Å². The fourth-order valence-electron chi connectivity index (χ4n) is 1.89. The second-order valence-electron chi connectivity index (χ2n) is 4.87. The Kier molecular flexibility index (Phi) is 4.23. The Morgan fingerprint density at radius 3 is 2.52 bits per heavy atom. The van der Waals surface area contributed by atoms with E-state index in [2.05, 4.69) is 0 Å². The maximum absolute atomic E-state index is 13.2. The molecule has 0 spiro atoms. The number of hydrogen-bond donors (Lipinski definition) is 2. The van der Waals surface area contributed by atoms with Crippen LogP contribution in [-0.2, 0) is 5.60 Å². The standard InChI is InChI=1S/C16H15FO4/c1-16(20,11-5-3-2-4-6-11)10-21-14-9-12(17)7-8-13(14)15(18)19/h2-9,20H,10H2,1H3,(H,18,19). The van der Waals surface area contributed by atoms with E-state index in [1.807, 2.05) is 6.07 Å². The minimum atomic E-state index is -1.32. The molecule has 0 aliphatic carbocycles. The number of carbonyl (C=O) groups is 1. The van der Waals surface area contributed by atoms with E-state index in [0.717, 1.165) is 18.2 Å². The molecule has 0 bridgehead atoms. The number of aliphatic hydroxyl groups is 1. The van der Waals surface area contributed by atoms with Crippen molar-refractivity contribution >= 4 is 5.97 Å². The number of halogens is 1. The number of ether oxygens (including phenoxy) is 1. The van der Waals surface area contributed by atoms with E-state index >= 15 is 0 Å². The predicted molar refractivity (Wildman–Crippen MR) is 74.9 cm³/mol. The van der Waals surface area contributed by atoms with Crippen molar-refractivity contribution in [3.05, 3.63) is 65.5 Å². The summed E-state index contributed by atoms with van der Waals surface area (Å²) in [6, 6.07) is 12.0. The topological polar surface area (TPSA) is 66.8 Å². The zero-order valence-corrected chi connectivity index (χ0v) is 11.4. The molecule has 2 aromatic carbocycles. The fourth-order valence-corrected chi connectivity index (χ4v) is 1.89. The molecule has 0 aliphatic rings. The van der Waals surface area contributed by atoms with E-state index in [4.69, 9.17) is 9.84 Å². The average Bonchev–Trinajstić information content (AvgIpc) is 2.46. The molecule has 2 N–H and O–H groups in total. The lowest BCUT2D eigenvalue weighted by molar-refractivity contribution is 0.00691. The summed E-state index contributed by atoms with van der Waals surface area (Å²) in [5.74, 6) is -1.93. The van der Waals surface area contributed by atoms with Gasteiger partial charge >= 0.3 is 5.97 Å². The monoisotopic (exact) mass is 290 g/mol. The summed E-state index contributed by atoms with van der Waals surface area (Å²) in [6.45, 7) is 1.35. The minimum absolute atomic E-state index is 0.112. The Balaban J connectivity index is 2.20. The Hall–Kier alpha value is -2.40. The first-order chi connectivity index (χ1) is 9.90. The van der Waals surface area contributed by atoms with Crippen molar-refractivity contribution in [2.45, 2.75) is 12.5 Å². The first kappa shape index (κ1) is 15.0. The fraction of sp³-hybridized carbons (Fsp3) is 0.188. The average molecular weight is 290 g/mol. The molecule has 0 saturated heterocycles. The molecule has 4 nitrogen and oxygen atoms in total. The number of carboxylic acid groups (broad SMARTS) is 1. The normalized spacial score (nSPS) is 13.5. The Labute approximate surface area is 121 Å². The van der Waals surface area contributed by atoms with Crippen molar-refractivity contribution in [3.8, 4) is 5.75 Å². The highest BCUT2D eigenvalue weighted by molar-refractivity contribution is 5.90. The summed E-state index contributed by atoms with van der Waals surface area (Å²) in [4.78, 5) is 11.1. The molecule has 1 unspecified atom stereocenters. The number of aromatic carboxylic acids is 1. The van der Waals surface area contributed by atoms with Gasteiger partial charge in [-0.25, -0.2) is 9.18 Å². The van der Waals surface area contributed by atoms with Crippen LogP contribution in [-0.4, -0.2) is 22.8 Å². The van der Waals surface area contributed by atoms with Crippen LogP contribution in [0.3, 0.4) is 0 Å². The van der Waals surface area contributed by atoms with Crippen LogP contribution < -0.4 is 4.74 Å². The largest absolute Gasteiger partial charge is 0.489 e. The number of carboxylic acids is 1. The highest BCUT2D eigenvalue weighted by Gasteiger charge is 2.25. The zero-order valence-electron chi connectivity index (χ0n) is 11.4. The van der Waals surface area contributed by atoms with Gasteiger partial charge in [0.15, 0.2) is 0 Å². The van der Waals surface area contributed by atoms with Gasteiger partial charge in [0.25, 0.3) is 0 Å². The van der Waals surface area contributed by atoms with E-state index in [-0.39, 0.29) is 17.9 Å². The molecular weight excluding hydrogens is 275 g/mol. The molecule has 0 radical (unpaired) electrons. The SMILES string of the molecule is CC(O)(COc1cc(F)ccc1C(=O)O)c1ccccc1. The van der Waals surface area contributed by atoms with Crippen LogP contribution >= 0.6 is 0 Å². The van der Waals surface area contributed by atoms with Crippen LogP contribution in [0.25, 0.3) is 0 Å². The Morgan fingerprint density at radius 2 is 1.90 bits per heavy atom. The third kappa shape index (κ3) is 3.58. The van der Waals surface area contributed by atoms with Gasteiger partial charge in [-0.15, -0.1) is 0 Å². The summed E-state index contributed by atoms with van der Waals surface area (Å²) in [7, 11) is 0. The lowest BCUT2D eigenvalue weighted by atomic mass is 9.97. The summed E-state index contributed by atoms with van der Waals surface area (Å²) in [5, 5.41) is 19.4. The zero-order chi connectivity index (χ0) is 15.5. The second kappa shape index (κ2) is 5.93. The lowest BCUT2D eigenvalue weighted by Gasteiger charge is -2.24. The molecule has 0 amide bonds. The van der Waals surface area contributed by atoms with Gasteiger partial charge in [0.1, 0.15) is 29.3 Å². The van der Waals surface area contributed by atoms with Crippen molar-refractivity contribution in [1.82, 2.24) is 0 Å². The van der Waals surface area contributed by atoms with E-state index in [0.29, 0.717) is 5.56 Å². The van der Waals surface area contributed by atoms with Gasteiger partial charge in [-0.3, -0.25) is 0 Å². The van der Waals surface area contributed by atoms with Gasteiger partial charge < -0.3 is 14.9 Å². The summed E-state index contributed by atoms with van der Waals surface area (Å²) < 4.78 is 18.5. The van der Waals surface area contributed by atoms with Gasteiger partial charge in [-0.1, -0.05) is 30.3 Å². The minimum Gasteiger partial charge on any atom is -0.489 e. The van der Waals surface area contributed by atoms with E-state index in [9.17, 15) is 14.3 Å². The van der Waals surface area contributed by atoms with Crippen LogP contribution in [0.15, 0.2) is 48.5 Å². The molecule has 0 aliphatic heterocycles. The Bertz CT molecular complexity index is 638. The summed E-state index contributed by atoms with van der Waals surface area (Å²) in [5.41, 5.74) is -0.845. The van der Waals surface area contributed by atoms with Crippen molar-refractivity contribution in [2.24, 2.45) is 0 Å². The number of benzene rings is 2. The molecule has 0 aromatic heterocycles. The second-order valence-corrected chi connectivity index (χ2v) is 4.87. The molecule has 0 saturated carbocycles. The molecule has 1 atom stereocenters. The third-order valence-electron chi connectivity index (χ3n) is 3.08. The number of hydrogen-bond acceptors (Lipinski definition) is 3. The van der Waals surface area contributed by atoms with E-state index in [1.165, 1.54) is 0 Å².